The summed E-state index contributed by atoms with van der Waals surface area (Å²) < 4.78 is 0. The molecule has 3 nitrogen and oxygen atoms in total. The van der Waals surface area contributed by atoms with Crippen molar-refractivity contribution < 1.29 is 4.79 Å². The minimum absolute atomic E-state index is 0.197. The number of piperidine rings is 1. The van der Waals surface area contributed by atoms with Crippen LogP contribution < -0.4 is 10.6 Å². The maximum Gasteiger partial charge on any atom is 0.220 e. The average molecular weight is 274 g/mol. The summed E-state index contributed by atoms with van der Waals surface area (Å²) in [5, 5.41) is 6.43. The molecular formula is C17H26N2O. The highest BCUT2D eigenvalue weighted by molar-refractivity contribution is 5.75. The van der Waals surface area contributed by atoms with E-state index in [1.165, 1.54) is 24.0 Å². The smallest absolute Gasteiger partial charge is 0.220 e. The fourth-order valence-corrected chi connectivity index (χ4v) is 2.81. The second kappa shape index (κ2) is 8.05. The van der Waals surface area contributed by atoms with Crippen molar-refractivity contribution in [2.45, 2.75) is 39.0 Å². The summed E-state index contributed by atoms with van der Waals surface area (Å²) in [5.41, 5.74) is 2.57. The predicted octanol–water partition coefficient (Wildman–Crippen LogP) is 2.43. The van der Waals surface area contributed by atoms with E-state index >= 15 is 0 Å². The molecule has 1 amide bonds. The van der Waals surface area contributed by atoms with Gasteiger partial charge in [0.05, 0.1) is 0 Å². The molecule has 110 valence electrons. The van der Waals surface area contributed by atoms with Gasteiger partial charge in [-0.1, -0.05) is 29.8 Å². The van der Waals surface area contributed by atoms with E-state index < -0.39 is 0 Å². The largest absolute Gasteiger partial charge is 0.356 e. The van der Waals surface area contributed by atoms with Gasteiger partial charge in [-0.05, 0) is 57.2 Å². The van der Waals surface area contributed by atoms with Gasteiger partial charge in [-0.25, -0.2) is 0 Å². The van der Waals surface area contributed by atoms with Crippen LogP contribution in [0, 0.1) is 12.8 Å². The number of aryl methyl sites for hydroxylation is 1. The minimum atomic E-state index is 0.197. The van der Waals surface area contributed by atoms with Crippen molar-refractivity contribution in [3.05, 3.63) is 35.4 Å². The second-order valence-corrected chi connectivity index (χ2v) is 5.84. The molecule has 1 aromatic carbocycles. The lowest BCUT2D eigenvalue weighted by molar-refractivity contribution is -0.121. The van der Waals surface area contributed by atoms with Gasteiger partial charge < -0.3 is 10.6 Å². The molecule has 20 heavy (non-hydrogen) atoms. The Hall–Kier alpha value is -1.35. The number of amides is 1. The third-order valence-corrected chi connectivity index (χ3v) is 4.00. The summed E-state index contributed by atoms with van der Waals surface area (Å²) in [4.78, 5) is 11.8. The fraction of sp³-hybridized carbons (Fsp3) is 0.588. The Bertz CT molecular complexity index is 425. The number of hydrogen-bond acceptors (Lipinski definition) is 2. The molecule has 1 aromatic rings. The van der Waals surface area contributed by atoms with E-state index in [-0.39, 0.29) is 5.91 Å². The van der Waals surface area contributed by atoms with Crippen LogP contribution in [0.1, 0.15) is 36.8 Å². The van der Waals surface area contributed by atoms with Crippen LogP contribution in [0.3, 0.4) is 0 Å². The highest BCUT2D eigenvalue weighted by Gasteiger charge is 2.14. The zero-order chi connectivity index (χ0) is 14.2. The van der Waals surface area contributed by atoms with Crippen LogP contribution in [0.25, 0.3) is 0 Å². The molecule has 0 aromatic heterocycles. The molecule has 3 heteroatoms. The standard InChI is InChI=1S/C17H26N2O/c1-14-4-2-5-15(12-14)9-11-19-17(20)8-7-16-6-3-10-18-13-16/h2,4-5,12,16,18H,3,6-11,13H2,1H3,(H,19,20). The predicted molar refractivity (Wildman–Crippen MR) is 82.7 cm³/mol. The van der Waals surface area contributed by atoms with Gasteiger partial charge in [0, 0.05) is 13.0 Å². The Morgan fingerprint density at radius 1 is 1.45 bits per heavy atom. The lowest BCUT2D eigenvalue weighted by Gasteiger charge is -2.22. The first kappa shape index (κ1) is 15.0. The lowest BCUT2D eigenvalue weighted by Crippen LogP contribution is -2.31. The molecular weight excluding hydrogens is 248 g/mol. The number of carbonyl (C=O) groups excluding carboxylic acids is 1. The summed E-state index contributed by atoms with van der Waals surface area (Å²) in [6.45, 7) is 5.06. The molecule has 0 spiro atoms. The summed E-state index contributed by atoms with van der Waals surface area (Å²) in [6.07, 6.45) is 5.12. The van der Waals surface area contributed by atoms with E-state index in [0.29, 0.717) is 12.3 Å². The zero-order valence-corrected chi connectivity index (χ0v) is 12.5. The van der Waals surface area contributed by atoms with Gasteiger partial charge in [0.15, 0.2) is 0 Å². The van der Waals surface area contributed by atoms with E-state index in [2.05, 4.69) is 41.8 Å². The van der Waals surface area contributed by atoms with Crippen LogP contribution in [-0.2, 0) is 11.2 Å². The molecule has 0 aliphatic carbocycles. The molecule has 0 radical (unpaired) electrons. The molecule has 1 unspecified atom stereocenters. The second-order valence-electron chi connectivity index (χ2n) is 5.84. The van der Waals surface area contributed by atoms with Crippen molar-refractivity contribution in [3.63, 3.8) is 0 Å². The quantitative estimate of drug-likeness (QED) is 0.836. The Balaban J connectivity index is 1.60. The molecule has 0 saturated carbocycles. The molecule has 2 rings (SSSR count). The SMILES string of the molecule is Cc1cccc(CCNC(=O)CCC2CCCNC2)c1. The summed E-state index contributed by atoms with van der Waals surface area (Å²) in [5.74, 6) is 0.884. The van der Waals surface area contributed by atoms with E-state index in [1.54, 1.807) is 0 Å². The van der Waals surface area contributed by atoms with Crippen molar-refractivity contribution in [2.24, 2.45) is 5.92 Å². The third-order valence-electron chi connectivity index (χ3n) is 4.00. The summed E-state index contributed by atoms with van der Waals surface area (Å²) >= 11 is 0. The van der Waals surface area contributed by atoms with Crippen molar-refractivity contribution in [3.8, 4) is 0 Å². The van der Waals surface area contributed by atoms with Crippen LogP contribution in [0.4, 0.5) is 0 Å². The van der Waals surface area contributed by atoms with E-state index in [0.717, 1.165) is 32.5 Å². The van der Waals surface area contributed by atoms with Crippen molar-refractivity contribution in [1.29, 1.82) is 0 Å². The normalized spacial score (nSPS) is 18.8. The minimum Gasteiger partial charge on any atom is -0.356 e. The monoisotopic (exact) mass is 274 g/mol. The van der Waals surface area contributed by atoms with Gasteiger partial charge in [-0.15, -0.1) is 0 Å². The Labute approximate surface area is 122 Å². The van der Waals surface area contributed by atoms with Crippen molar-refractivity contribution in [1.82, 2.24) is 10.6 Å². The maximum absolute atomic E-state index is 11.8. The van der Waals surface area contributed by atoms with Crippen LogP contribution in [-0.4, -0.2) is 25.5 Å². The molecule has 1 heterocycles. The Kier molecular flexibility index (Phi) is 6.06. The summed E-state index contributed by atoms with van der Waals surface area (Å²) in [7, 11) is 0. The number of rotatable bonds is 6. The summed E-state index contributed by atoms with van der Waals surface area (Å²) in [6, 6.07) is 8.47. The number of nitrogens with one attached hydrogen (secondary N) is 2. The van der Waals surface area contributed by atoms with Crippen LogP contribution in [0.5, 0.6) is 0 Å². The first-order chi connectivity index (χ1) is 9.74. The number of hydrogen-bond donors (Lipinski definition) is 2. The van der Waals surface area contributed by atoms with Gasteiger partial charge in [-0.2, -0.15) is 0 Å². The zero-order valence-electron chi connectivity index (χ0n) is 12.5. The van der Waals surface area contributed by atoms with Crippen molar-refractivity contribution >= 4 is 5.91 Å². The average Bonchev–Trinajstić information content (AvgIpc) is 2.46. The third kappa shape index (κ3) is 5.33. The van der Waals surface area contributed by atoms with Crippen LogP contribution >= 0.6 is 0 Å². The Morgan fingerprint density at radius 2 is 2.35 bits per heavy atom. The molecule has 1 atom stereocenters. The fourth-order valence-electron chi connectivity index (χ4n) is 2.81. The van der Waals surface area contributed by atoms with E-state index in [9.17, 15) is 4.79 Å². The number of benzene rings is 1. The van der Waals surface area contributed by atoms with Gasteiger partial charge in [0.1, 0.15) is 0 Å². The van der Waals surface area contributed by atoms with E-state index in [4.69, 9.17) is 0 Å². The highest BCUT2D eigenvalue weighted by Crippen LogP contribution is 2.15. The molecule has 1 aliphatic rings. The molecule has 0 bridgehead atoms. The van der Waals surface area contributed by atoms with Crippen LogP contribution in [0.2, 0.25) is 0 Å². The van der Waals surface area contributed by atoms with Gasteiger partial charge in [0.2, 0.25) is 5.91 Å². The molecule has 2 N–H and O–H groups in total. The van der Waals surface area contributed by atoms with Gasteiger partial charge in [-0.3, -0.25) is 4.79 Å². The topological polar surface area (TPSA) is 41.1 Å². The molecule has 1 fully saturated rings. The molecule has 1 aliphatic heterocycles. The lowest BCUT2D eigenvalue weighted by atomic mass is 9.94. The first-order valence-corrected chi connectivity index (χ1v) is 7.77. The van der Waals surface area contributed by atoms with Gasteiger partial charge >= 0.3 is 0 Å². The molecule has 1 saturated heterocycles. The van der Waals surface area contributed by atoms with Crippen molar-refractivity contribution in [2.75, 3.05) is 19.6 Å². The maximum atomic E-state index is 11.8. The van der Waals surface area contributed by atoms with Gasteiger partial charge in [0.25, 0.3) is 0 Å². The highest BCUT2D eigenvalue weighted by atomic mass is 16.1. The number of carbonyl (C=O) groups is 1. The first-order valence-electron chi connectivity index (χ1n) is 7.77. The van der Waals surface area contributed by atoms with Crippen LogP contribution in [0.15, 0.2) is 24.3 Å². The van der Waals surface area contributed by atoms with E-state index in [1.807, 2.05) is 0 Å². The Morgan fingerprint density at radius 3 is 3.10 bits per heavy atom.